The van der Waals surface area contributed by atoms with Gasteiger partial charge in [0.15, 0.2) is 5.84 Å². The van der Waals surface area contributed by atoms with E-state index in [0.29, 0.717) is 0 Å². The zero-order valence-corrected chi connectivity index (χ0v) is 7.46. The van der Waals surface area contributed by atoms with Crippen molar-refractivity contribution in [2.24, 2.45) is 5.10 Å². The van der Waals surface area contributed by atoms with Gasteiger partial charge >= 0.3 is 0 Å². The molecule has 0 aromatic rings. The number of amidine groups is 1. The summed E-state index contributed by atoms with van der Waals surface area (Å²) in [6, 6.07) is 0. The van der Waals surface area contributed by atoms with Crippen molar-refractivity contribution in [2.75, 3.05) is 7.05 Å². The Morgan fingerprint density at radius 1 is 1.75 bits per heavy atom. The topological polar surface area (TPSA) is 39.7 Å². The zero-order valence-electron chi connectivity index (χ0n) is 7.46. The fourth-order valence-electron chi connectivity index (χ4n) is 0.867. The molecular weight excluding hydrogens is 152 g/mol. The third-order valence-corrected chi connectivity index (χ3v) is 1.55. The van der Waals surface area contributed by atoms with E-state index in [0.717, 1.165) is 17.8 Å². The molecule has 1 aliphatic heterocycles. The normalized spacial score (nSPS) is 18.2. The van der Waals surface area contributed by atoms with Crippen molar-refractivity contribution in [1.82, 2.24) is 16.1 Å². The third-order valence-electron chi connectivity index (χ3n) is 1.55. The van der Waals surface area contributed by atoms with Gasteiger partial charge in [0, 0.05) is 7.05 Å². The maximum Gasteiger partial charge on any atom is 0.165 e. The van der Waals surface area contributed by atoms with Gasteiger partial charge in [-0.3, -0.25) is 5.43 Å². The van der Waals surface area contributed by atoms with Crippen LogP contribution in [0.15, 0.2) is 29.4 Å². The van der Waals surface area contributed by atoms with Crippen molar-refractivity contribution < 1.29 is 0 Å². The van der Waals surface area contributed by atoms with Gasteiger partial charge in [0.2, 0.25) is 0 Å². The second kappa shape index (κ2) is 3.92. The first-order valence-electron chi connectivity index (χ1n) is 3.86. The highest BCUT2D eigenvalue weighted by molar-refractivity contribution is 5.97. The van der Waals surface area contributed by atoms with Crippen molar-refractivity contribution in [3.05, 3.63) is 24.3 Å². The number of hydrogen-bond acceptors (Lipinski definition) is 4. The van der Waals surface area contributed by atoms with Crippen LogP contribution in [-0.4, -0.2) is 18.0 Å². The Kier molecular flexibility index (Phi) is 2.88. The van der Waals surface area contributed by atoms with Gasteiger partial charge in [-0.05, 0) is 18.9 Å². The molecule has 12 heavy (non-hydrogen) atoms. The molecule has 0 unspecified atom stereocenters. The highest BCUT2D eigenvalue weighted by Crippen LogP contribution is 2.00. The lowest BCUT2D eigenvalue weighted by Gasteiger charge is -2.07. The maximum absolute atomic E-state index is 4.05. The highest BCUT2D eigenvalue weighted by atomic mass is 15.9. The summed E-state index contributed by atoms with van der Waals surface area (Å²) >= 11 is 0. The zero-order chi connectivity index (χ0) is 8.97. The minimum absolute atomic E-state index is 0.861. The number of hydrazone groups is 1. The van der Waals surface area contributed by atoms with Gasteiger partial charge in [-0.25, -0.2) is 5.53 Å². The highest BCUT2D eigenvalue weighted by Gasteiger charge is 2.09. The molecule has 4 nitrogen and oxygen atoms in total. The van der Waals surface area contributed by atoms with Gasteiger partial charge in [0.05, 0.1) is 0 Å². The quantitative estimate of drug-likeness (QED) is 0.608. The Bertz CT molecular complexity index is 229. The van der Waals surface area contributed by atoms with E-state index in [4.69, 9.17) is 0 Å². The molecule has 1 rings (SSSR count). The SMILES string of the molecule is C=CC/C=C(/C)C1=NNN(C)N1. The van der Waals surface area contributed by atoms with Crippen LogP contribution in [0.4, 0.5) is 0 Å². The Morgan fingerprint density at radius 2 is 2.50 bits per heavy atom. The van der Waals surface area contributed by atoms with Crippen molar-refractivity contribution >= 4 is 5.84 Å². The van der Waals surface area contributed by atoms with Crippen LogP contribution in [0, 0.1) is 0 Å². The second-order valence-corrected chi connectivity index (χ2v) is 2.64. The standard InChI is InChI=1S/C8H14N4/c1-4-5-6-7(2)8-9-11-12(3)10-8/h4,6,11H,1,5H2,2-3H3,(H,9,10)/b7-6-. The van der Waals surface area contributed by atoms with E-state index < -0.39 is 0 Å². The third kappa shape index (κ3) is 2.10. The van der Waals surface area contributed by atoms with Crippen LogP contribution >= 0.6 is 0 Å². The van der Waals surface area contributed by atoms with E-state index in [2.05, 4.69) is 28.7 Å². The lowest BCUT2D eigenvalue weighted by atomic mass is 10.2. The minimum atomic E-state index is 0.861. The molecule has 1 aliphatic rings. The van der Waals surface area contributed by atoms with Crippen molar-refractivity contribution in [2.45, 2.75) is 13.3 Å². The second-order valence-electron chi connectivity index (χ2n) is 2.64. The Hall–Kier alpha value is -1.29. The van der Waals surface area contributed by atoms with Crippen molar-refractivity contribution in [3.63, 3.8) is 0 Å². The summed E-state index contributed by atoms with van der Waals surface area (Å²) in [5.74, 6) is 0.861. The maximum atomic E-state index is 4.05. The smallest absolute Gasteiger partial charge is 0.165 e. The molecule has 2 N–H and O–H groups in total. The molecule has 4 heteroatoms. The summed E-state index contributed by atoms with van der Waals surface area (Å²) in [5, 5.41) is 5.74. The monoisotopic (exact) mass is 166 g/mol. The van der Waals surface area contributed by atoms with Crippen LogP contribution in [0.2, 0.25) is 0 Å². The van der Waals surface area contributed by atoms with E-state index in [-0.39, 0.29) is 0 Å². The minimum Gasteiger partial charge on any atom is -0.283 e. The van der Waals surface area contributed by atoms with E-state index >= 15 is 0 Å². The molecule has 0 saturated carbocycles. The number of rotatable bonds is 3. The summed E-state index contributed by atoms with van der Waals surface area (Å²) < 4.78 is 0. The van der Waals surface area contributed by atoms with Gasteiger partial charge in [0.1, 0.15) is 0 Å². The Morgan fingerprint density at radius 3 is 3.00 bits per heavy atom. The van der Waals surface area contributed by atoms with Gasteiger partial charge in [0.25, 0.3) is 0 Å². The number of nitrogens with zero attached hydrogens (tertiary/aromatic N) is 2. The molecule has 0 amide bonds. The summed E-state index contributed by atoms with van der Waals surface area (Å²) in [4.78, 5) is 0. The first-order valence-corrected chi connectivity index (χ1v) is 3.86. The summed E-state index contributed by atoms with van der Waals surface area (Å²) in [6.45, 7) is 5.65. The molecular formula is C8H14N4. The largest absolute Gasteiger partial charge is 0.283 e. The van der Waals surface area contributed by atoms with E-state index in [1.165, 1.54) is 0 Å². The molecule has 0 radical (unpaired) electrons. The molecule has 66 valence electrons. The molecule has 0 aromatic carbocycles. The number of nitrogens with one attached hydrogen (secondary N) is 2. The van der Waals surface area contributed by atoms with Crippen molar-refractivity contribution in [3.8, 4) is 0 Å². The summed E-state index contributed by atoms with van der Waals surface area (Å²) in [6.07, 6.45) is 4.80. The molecule has 0 bridgehead atoms. The number of hydrogen-bond donors (Lipinski definition) is 2. The average molecular weight is 166 g/mol. The fourth-order valence-corrected chi connectivity index (χ4v) is 0.867. The van der Waals surface area contributed by atoms with Crippen molar-refractivity contribution in [1.29, 1.82) is 0 Å². The predicted octanol–water partition coefficient (Wildman–Crippen LogP) is 0.777. The lowest BCUT2D eigenvalue weighted by Crippen LogP contribution is -2.37. The molecule has 0 saturated heterocycles. The Balaban J connectivity index is 2.53. The van der Waals surface area contributed by atoms with Gasteiger partial charge < -0.3 is 0 Å². The molecule has 1 heterocycles. The first-order chi connectivity index (χ1) is 5.74. The molecule has 0 aliphatic carbocycles. The predicted molar refractivity (Wildman–Crippen MR) is 50.0 cm³/mol. The molecule has 0 spiro atoms. The van der Waals surface area contributed by atoms with Gasteiger partial charge in [-0.15, -0.1) is 16.8 Å². The fraction of sp³-hybridized carbons (Fsp3) is 0.375. The van der Waals surface area contributed by atoms with Gasteiger partial charge in [-0.2, -0.15) is 0 Å². The van der Waals surface area contributed by atoms with Crippen LogP contribution in [0.5, 0.6) is 0 Å². The average Bonchev–Trinajstić information content (AvgIpc) is 2.47. The van der Waals surface area contributed by atoms with Crippen LogP contribution in [0.3, 0.4) is 0 Å². The summed E-state index contributed by atoms with van der Waals surface area (Å²) in [5.41, 5.74) is 6.92. The molecule has 0 aromatic heterocycles. The van der Waals surface area contributed by atoms with Crippen LogP contribution in [0.1, 0.15) is 13.3 Å². The molecule has 0 atom stereocenters. The first kappa shape index (κ1) is 8.80. The van der Waals surface area contributed by atoms with E-state index in [1.54, 1.807) is 5.12 Å². The number of allylic oxidation sites excluding steroid dienone is 2. The van der Waals surface area contributed by atoms with Gasteiger partial charge in [-0.1, -0.05) is 12.2 Å². The van der Waals surface area contributed by atoms with Crippen LogP contribution in [0.25, 0.3) is 0 Å². The Labute approximate surface area is 72.6 Å². The van der Waals surface area contributed by atoms with Crippen LogP contribution in [-0.2, 0) is 0 Å². The van der Waals surface area contributed by atoms with E-state index in [9.17, 15) is 0 Å². The lowest BCUT2D eigenvalue weighted by molar-refractivity contribution is 0.231. The summed E-state index contributed by atoms with van der Waals surface area (Å²) in [7, 11) is 1.86. The van der Waals surface area contributed by atoms with E-state index in [1.807, 2.05) is 20.0 Å². The van der Waals surface area contributed by atoms with Crippen LogP contribution < -0.4 is 11.0 Å². The number of hydrazine groups is 2. The molecule has 0 fully saturated rings.